The van der Waals surface area contributed by atoms with Crippen LogP contribution in [-0.2, 0) is 29.3 Å². The maximum Gasteiger partial charge on any atom is 1.00 e. The van der Waals surface area contributed by atoms with Crippen molar-refractivity contribution in [3.05, 3.63) is 65.3 Å². The Kier molecular flexibility index (Phi) is 13.2. The maximum absolute atomic E-state index is 12.9. The summed E-state index contributed by atoms with van der Waals surface area (Å²) >= 11 is 0. The predicted molar refractivity (Wildman–Crippen MR) is 132 cm³/mol. The number of hydrogen-bond acceptors (Lipinski definition) is 4. The van der Waals surface area contributed by atoms with Crippen molar-refractivity contribution in [2.75, 3.05) is 6.61 Å². The molecular formula is C27H36N4O2Os+. The van der Waals surface area contributed by atoms with Gasteiger partial charge in [0.15, 0.2) is 5.91 Å². The monoisotopic (exact) mass is 640 g/mol. The van der Waals surface area contributed by atoms with Crippen LogP contribution in [0.1, 0.15) is 63.0 Å². The van der Waals surface area contributed by atoms with E-state index in [-0.39, 0.29) is 44.2 Å². The van der Waals surface area contributed by atoms with Crippen LogP contribution < -0.4 is 16.5 Å². The number of amides is 1. The molecule has 7 heteroatoms. The van der Waals surface area contributed by atoms with Crippen LogP contribution in [0.15, 0.2) is 42.0 Å². The fourth-order valence-electron chi connectivity index (χ4n) is 4.10. The smallest absolute Gasteiger partial charge is 0.476 e. The minimum atomic E-state index is -0.236. The molecule has 6 N–H and O–H groups in total. The van der Waals surface area contributed by atoms with Gasteiger partial charge in [-0.25, -0.2) is 0 Å². The molecule has 1 amide bonds. The third kappa shape index (κ3) is 10.1. The number of rotatable bonds is 11. The zero-order valence-corrected chi connectivity index (χ0v) is 22.7. The van der Waals surface area contributed by atoms with Gasteiger partial charge in [0.25, 0.3) is 0 Å². The van der Waals surface area contributed by atoms with Gasteiger partial charge in [-0.3, -0.25) is 10.2 Å². The molecule has 1 atom stereocenters. The first kappa shape index (κ1) is 29.3. The molecule has 0 spiro atoms. The minimum absolute atomic E-state index is 0. The molecule has 0 aromatic heterocycles. The Morgan fingerprint density at radius 2 is 2.15 bits per heavy atom. The Morgan fingerprint density at radius 3 is 2.76 bits per heavy atom. The summed E-state index contributed by atoms with van der Waals surface area (Å²) < 4.78 is 5.71. The number of hydrogen-bond donors (Lipinski definition) is 4. The molecule has 1 aliphatic rings. The number of carbonyl (C=O) groups excluding carboxylic acids is 1. The number of aryl methyl sites for hydroxylation is 1. The minimum Gasteiger partial charge on any atom is -0.476 e. The molecule has 1 aliphatic carbocycles. The van der Waals surface area contributed by atoms with Gasteiger partial charge >= 0.3 is 19.8 Å². The van der Waals surface area contributed by atoms with Crippen molar-refractivity contribution in [1.29, 1.82) is 5.41 Å². The van der Waals surface area contributed by atoms with E-state index < -0.39 is 0 Å². The van der Waals surface area contributed by atoms with Gasteiger partial charge in [0.1, 0.15) is 6.61 Å². The molecule has 0 unspecified atom stereocenters. The number of allylic oxidation sites excluding steroid dienone is 2. The van der Waals surface area contributed by atoms with Crippen molar-refractivity contribution >= 4 is 23.7 Å². The second-order valence-electron chi connectivity index (χ2n) is 8.82. The third-order valence-corrected chi connectivity index (χ3v) is 5.74. The van der Waals surface area contributed by atoms with Crippen molar-refractivity contribution in [2.24, 2.45) is 11.7 Å². The molecule has 1 saturated carbocycles. The molecule has 6 nitrogen and oxygen atoms in total. The summed E-state index contributed by atoms with van der Waals surface area (Å²) in [7, 11) is 0. The standard InChI is InChI=1S/C27H36N4O2.Os/c1-19(2)15-22(13-14-28)27(32)31-23(16-21-10-5-4-6-11-21)18-33-26(30)17-25(29)24-12-8-7-9-20(24)3;/h7,9,13,17,21,23,30H,1,4-6,10-11,15-16,18,28-29H2,2-3H3,(H,31,32);/q;+1/b22-13+,25-17-,30-26?;/t23-;/m1./s1. The van der Waals surface area contributed by atoms with Gasteiger partial charge in [-0.15, -0.1) is 12.2 Å². The van der Waals surface area contributed by atoms with Gasteiger partial charge in [-0.05, 0) is 43.9 Å². The second-order valence-corrected chi connectivity index (χ2v) is 8.82. The second kappa shape index (κ2) is 15.3. The van der Waals surface area contributed by atoms with E-state index in [2.05, 4.69) is 30.2 Å². The average Bonchev–Trinajstić information content (AvgIpc) is 2.77. The van der Waals surface area contributed by atoms with Crippen LogP contribution in [-0.4, -0.2) is 30.7 Å². The van der Waals surface area contributed by atoms with Gasteiger partial charge in [-0.1, -0.05) is 56.2 Å². The fraction of sp³-hybridized carbons (Fsp3) is 0.444. The van der Waals surface area contributed by atoms with Crippen LogP contribution in [0.4, 0.5) is 0 Å². The summed E-state index contributed by atoms with van der Waals surface area (Å²) in [5, 5.41) is 16.7. The molecule has 2 rings (SSSR count). The van der Waals surface area contributed by atoms with E-state index in [0.29, 0.717) is 29.2 Å². The van der Waals surface area contributed by atoms with Gasteiger partial charge in [0, 0.05) is 12.3 Å². The van der Waals surface area contributed by atoms with E-state index in [0.717, 1.165) is 30.4 Å². The van der Waals surface area contributed by atoms with Crippen LogP contribution >= 0.6 is 0 Å². The summed E-state index contributed by atoms with van der Waals surface area (Å²) in [5.41, 5.74) is 9.54. The molecular weight excluding hydrogens is 603 g/mol. The van der Waals surface area contributed by atoms with Crippen molar-refractivity contribution in [2.45, 2.75) is 64.8 Å². The molecule has 34 heavy (non-hydrogen) atoms. The first-order valence-electron chi connectivity index (χ1n) is 11.5. The average molecular weight is 639 g/mol. The van der Waals surface area contributed by atoms with Crippen LogP contribution in [0.5, 0.6) is 0 Å². The van der Waals surface area contributed by atoms with Crippen molar-refractivity contribution in [3.63, 3.8) is 0 Å². The first-order chi connectivity index (χ1) is 15.8. The van der Waals surface area contributed by atoms with E-state index >= 15 is 0 Å². The predicted octanol–water partition coefficient (Wildman–Crippen LogP) is 2.94. The van der Waals surface area contributed by atoms with E-state index in [4.69, 9.17) is 21.3 Å². The van der Waals surface area contributed by atoms with E-state index in [1.165, 1.54) is 31.4 Å². The summed E-state index contributed by atoms with van der Waals surface area (Å²) in [4.78, 5) is 12.9. The van der Waals surface area contributed by atoms with Gasteiger partial charge in [-0.2, -0.15) is 6.08 Å². The number of nitrogens with two attached hydrogens (primary N) is 2. The van der Waals surface area contributed by atoms with Gasteiger partial charge < -0.3 is 21.2 Å². The number of ether oxygens (including phenoxy) is 1. The quantitative estimate of drug-likeness (QED) is 0.0983. The Morgan fingerprint density at radius 1 is 1.44 bits per heavy atom. The number of carbonyl (C=O) groups is 1. The molecule has 0 saturated heterocycles. The SMILES string of the molecule is C=C(C)C/C(=C\[C-]=[NH2+])C(=O)N[C@@H](COC(=N)/C=C(\N)c1c#cccc1C)CC1CCCCC1.[Os+]. The summed E-state index contributed by atoms with van der Waals surface area (Å²) in [6.45, 7) is 7.86. The number of nitrogens with one attached hydrogen (secondary N) is 2. The third-order valence-electron chi connectivity index (χ3n) is 5.74. The molecule has 1 aromatic carbocycles. The van der Waals surface area contributed by atoms with E-state index in [1.807, 2.05) is 19.9 Å². The zero-order valence-electron chi connectivity index (χ0n) is 20.2. The van der Waals surface area contributed by atoms with E-state index in [9.17, 15) is 4.79 Å². The zero-order chi connectivity index (χ0) is 24.2. The van der Waals surface area contributed by atoms with Crippen molar-refractivity contribution in [3.8, 4) is 0 Å². The summed E-state index contributed by atoms with van der Waals surface area (Å²) in [6.07, 6.45) is 12.6. The van der Waals surface area contributed by atoms with Crippen LogP contribution in [0.3, 0.4) is 0 Å². The summed E-state index contributed by atoms with van der Waals surface area (Å²) in [6, 6.07) is 9.27. The van der Waals surface area contributed by atoms with Crippen LogP contribution in [0.25, 0.3) is 5.70 Å². The Bertz CT molecular complexity index is 917. The normalized spacial score (nSPS) is 15.4. The molecule has 1 radical (unpaired) electrons. The first-order valence-corrected chi connectivity index (χ1v) is 11.5. The largest absolute Gasteiger partial charge is 1.00 e. The Balaban J connectivity index is 0.00000578. The molecule has 0 aliphatic heterocycles. The van der Waals surface area contributed by atoms with Crippen molar-refractivity contribution < 1.29 is 34.7 Å². The van der Waals surface area contributed by atoms with Gasteiger partial charge in [0.05, 0.1) is 17.3 Å². The Hall–Kier alpha value is -2.69. The molecule has 183 valence electrons. The molecule has 1 aromatic rings. The maximum atomic E-state index is 12.9. The molecule has 1 fully saturated rings. The van der Waals surface area contributed by atoms with Gasteiger partial charge in [0.2, 0.25) is 5.90 Å². The Labute approximate surface area is 217 Å². The topological polar surface area (TPSA) is 114 Å². The molecule has 0 heterocycles. The van der Waals surface area contributed by atoms with Crippen molar-refractivity contribution in [1.82, 2.24) is 5.32 Å². The van der Waals surface area contributed by atoms with E-state index in [1.54, 1.807) is 6.07 Å². The fourth-order valence-corrected chi connectivity index (χ4v) is 4.10. The molecule has 0 bridgehead atoms. The summed E-state index contributed by atoms with van der Waals surface area (Å²) in [5.74, 6) is 0.251. The van der Waals surface area contributed by atoms with Crippen LogP contribution in [0, 0.1) is 30.4 Å². The van der Waals surface area contributed by atoms with Crippen LogP contribution in [0.2, 0.25) is 0 Å².